The second-order valence-corrected chi connectivity index (χ2v) is 8.54. The van der Waals surface area contributed by atoms with Crippen LogP contribution >= 0.6 is 0 Å². The fourth-order valence-corrected chi connectivity index (χ4v) is 3.93. The minimum absolute atomic E-state index is 0.0551. The summed E-state index contributed by atoms with van der Waals surface area (Å²) in [5, 5.41) is 2.77. The van der Waals surface area contributed by atoms with Crippen LogP contribution in [0.2, 0.25) is 0 Å². The predicted octanol–water partition coefficient (Wildman–Crippen LogP) is 1.41. The minimum Gasteiger partial charge on any atom is -0.468 e. The van der Waals surface area contributed by atoms with Crippen LogP contribution in [-0.4, -0.2) is 27.9 Å². The van der Waals surface area contributed by atoms with E-state index in [0.29, 0.717) is 11.4 Å². The van der Waals surface area contributed by atoms with Crippen LogP contribution in [-0.2, 0) is 27.9 Å². The Hall–Kier alpha value is -2.94. The largest absolute Gasteiger partial charge is 0.468 e. The summed E-state index contributed by atoms with van der Waals surface area (Å²) in [6.07, 6.45) is 1.48. The fraction of sp³-hybridized carbons (Fsp3) is 0.190. The number of quaternary nitrogens is 1. The molecule has 0 bridgehead atoms. The van der Waals surface area contributed by atoms with Gasteiger partial charge in [0.2, 0.25) is 10.0 Å². The van der Waals surface area contributed by atoms with Gasteiger partial charge in [-0.1, -0.05) is 36.4 Å². The van der Waals surface area contributed by atoms with Crippen molar-refractivity contribution in [1.82, 2.24) is 4.72 Å². The third-order valence-electron chi connectivity index (χ3n) is 4.26. The van der Waals surface area contributed by atoms with E-state index in [2.05, 4.69) is 10.0 Å². The lowest BCUT2D eigenvalue weighted by Crippen LogP contribution is -3.08. The maximum absolute atomic E-state index is 12.5. The van der Waals surface area contributed by atoms with Crippen molar-refractivity contribution in [3.05, 3.63) is 84.3 Å². The molecule has 3 rings (SSSR count). The second-order valence-electron chi connectivity index (χ2n) is 6.78. The van der Waals surface area contributed by atoms with E-state index in [1.54, 1.807) is 24.3 Å². The molecule has 7 nitrogen and oxygen atoms in total. The summed E-state index contributed by atoms with van der Waals surface area (Å²) in [6, 6.07) is 19.5. The second kappa shape index (κ2) is 9.51. The molecule has 0 saturated heterocycles. The van der Waals surface area contributed by atoms with E-state index in [9.17, 15) is 13.2 Å². The minimum atomic E-state index is -3.72. The zero-order valence-corrected chi connectivity index (χ0v) is 16.9. The average molecular weight is 415 g/mol. The number of hydrogen-bond donors (Lipinski definition) is 3. The molecule has 0 fully saturated rings. The highest BCUT2D eigenvalue weighted by Gasteiger charge is 2.16. The van der Waals surface area contributed by atoms with Crippen molar-refractivity contribution in [2.75, 3.05) is 18.9 Å². The van der Waals surface area contributed by atoms with Crippen LogP contribution in [0.1, 0.15) is 11.3 Å². The van der Waals surface area contributed by atoms with Gasteiger partial charge in [0.1, 0.15) is 12.3 Å². The number of hydrogen-bond acceptors (Lipinski definition) is 4. The number of carbonyl (C=O) groups excluding carboxylic acids is 1. The van der Waals surface area contributed by atoms with Gasteiger partial charge in [0.15, 0.2) is 6.54 Å². The molecule has 0 aliphatic heterocycles. The van der Waals surface area contributed by atoms with E-state index >= 15 is 0 Å². The summed E-state index contributed by atoms with van der Waals surface area (Å²) in [5.74, 6) is 0.332. The molecule has 0 saturated carbocycles. The van der Waals surface area contributed by atoms with E-state index in [0.717, 1.165) is 17.0 Å². The smallest absolute Gasteiger partial charge is 0.279 e. The Morgan fingerprint density at radius 3 is 2.55 bits per heavy atom. The monoisotopic (exact) mass is 414 g/mol. The van der Waals surface area contributed by atoms with Gasteiger partial charge in [-0.05, 0) is 30.3 Å². The molecule has 0 aliphatic rings. The lowest BCUT2D eigenvalue weighted by molar-refractivity contribution is -0.885. The lowest BCUT2D eigenvalue weighted by Gasteiger charge is -2.14. The molecule has 1 amide bonds. The number of rotatable bonds is 9. The number of amides is 1. The van der Waals surface area contributed by atoms with Crippen molar-refractivity contribution in [2.24, 2.45) is 0 Å². The highest BCUT2D eigenvalue weighted by atomic mass is 32.2. The zero-order chi connectivity index (χ0) is 20.7. The van der Waals surface area contributed by atoms with Crippen molar-refractivity contribution >= 4 is 21.6 Å². The maximum atomic E-state index is 12.5. The van der Waals surface area contributed by atoms with Gasteiger partial charge in [0, 0.05) is 11.3 Å². The molecule has 2 aromatic carbocycles. The summed E-state index contributed by atoms with van der Waals surface area (Å²) in [4.78, 5) is 13.4. The summed E-state index contributed by atoms with van der Waals surface area (Å²) < 4.78 is 32.6. The first-order chi connectivity index (χ1) is 13.9. The Morgan fingerprint density at radius 1 is 1.03 bits per heavy atom. The van der Waals surface area contributed by atoms with Gasteiger partial charge < -0.3 is 14.6 Å². The Kier molecular flexibility index (Phi) is 6.82. The first kappa shape index (κ1) is 20.8. The number of likely N-dealkylation sites (N-methyl/N-ethyl adjacent to an activating group) is 1. The highest BCUT2D eigenvalue weighted by Crippen LogP contribution is 2.16. The van der Waals surface area contributed by atoms with Crippen LogP contribution in [0.25, 0.3) is 0 Å². The number of benzene rings is 2. The molecule has 1 heterocycles. The molecule has 1 aromatic heterocycles. The molecule has 8 heteroatoms. The van der Waals surface area contributed by atoms with Gasteiger partial charge in [0.05, 0.1) is 24.8 Å². The van der Waals surface area contributed by atoms with Crippen LogP contribution in [0.4, 0.5) is 5.69 Å². The normalized spacial score (nSPS) is 12.4. The van der Waals surface area contributed by atoms with Crippen LogP contribution in [0, 0.1) is 0 Å². The number of carbonyl (C=O) groups is 1. The van der Waals surface area contributed by atoms with Crippen LogP contribution < -0.4 is 14.9 Å². The van der Waals surface area contributed by atoms with E-state index in [1.807, 2.05) is 37.4 Å². The van der Waals surface area contributed by atoms with Gasteiger partial charge in [-0.25, -0.2) is 13.1 Å². The molecule has 1 atom stereocenters. The third kappa shape index (κ3) is 6.28. The van der Waals surface area contributed by atoms with Crippen molar-refractivity contribution in [3.8, 4) is 0 Å². The molecule has 3 aromatic rings. The summed E-state index contributed by atoms with van der Waals surface area (Å²) in [6.45, 7) is 1.04. The van der Waals surface area contributed by atoms with E-state index in [4.69, 9.17) is 4.42 Å². The zero-order valence-electron chi connectivity index (χ0n) is 16.1. The standard InChI is InChI=1S/C21H23N3O4S/c1-24(15-17-7-3-2-4-8-17)16-21(25)23-18-9-5-11-20(13-18)29(26,27)22-14-19-10-6-12-28-19/h2-13,22H,14-16H2,1H3,(H,23,25)/p+1. The van der Waals surface area contributed by atoms with Gasteiger partial charge in [-0.15, -0.1) is 0 Å². The first-order valence-electron chi connectivity index (χ1n) is 9.19. The number of anilines is 1. The molecule has 3 N–H and O–H groups in total. The van der Waals surface area contributed by atoms with E-state index in [1.165, 1.54) is 18.4 Å². The Morgan fingerprint density at radius 2 is 1.83 bits per heavy atom. The Bertz CT molecular complexity index is 1030. The first-order valence-corrected chi connectivity index (χ1v) is 10.7. The van der Waals surface area contributed by atoms with Crippen LogP contribution in [0.3, 0.4) is 0 Å². The lowest BCUT2D eigenvalue weighted by atomic mass is 10.2. The molecule has 29 heavy (non-hydrogen) atoms. The van der Waals surface area contributed by atoms with Crippen molar-refractivity contribution in [2.45, 2.75) is 18.0 Å². The fourth-order valence-electron chi connectivity index (χ4n) is 2.89. The van der Waals surface area contributed by atoms with E-state index < -0.39 is 10.0 Å². The Labute approximate surface area is 170 Å². The van der Waals surface area contributed by atoms with Crippen molar-refractivity contribution in [1.29, 1.82) is 0 Å². The summed E-state index contributed by atoms with van der Waals surface area (Å²) >= 11 is 0. The van der Waals surface area contributed by atoms with Crippen LogP contribution in [0.15, 0.2) is 82.3 Å². The van der Waals surface area contributed by atoms with Gasteiger partial charge in [-0.3, -0.25) is 4.79 Å². The third-order valence-corrected chi connectivity index (χ3v) is 5.65. The number of sulfonamides is 1. The quantitative estimate of drug-likeness (QED) is 0.494. The SMILES string of the molecule is C[NH+](CC(=O)Nc1cccc(S(=O)(=O)NCc2ccco2)c1)Cc1ccccc1. The predicted molar refractivity (Wildman–Crippen MR) is 110 cm³/mol. The molecule has 0 spiro atoms. The van der Waals surface area contributed by atoms with Crippen molar-refractivity contribution < 1.29 is 22.5 Å². The number of nitrogens with one attached hydrogen (secondary N) is 3. The van der Waals surface area contributed by atoms with Gasteiger partial charge in [0.25, 0.3) is 5.91 Å². The van der Waals surface area contributed by atoms with Crippen molar-refractivity contribution in [3.63, 3.8) is 0 Å². The molecule has 0 radical (unpaired) electrons. The summed E-state index contributed by atoms with van der Waals surface area (Å²) in [7, 11) is -1.79. The maximum Gasteiger partial charge on any atom is 0.279 e. The van der Waals surface area contributed by atoms with Gasteiger partial charge >= 0.3 is 0 Å². The van der Waals surface area contributed by atoms with Gasteiger partial charge in [-0.2, -0.15) is 0 Å². The average Bonchev–Trinajstić information content (AvgIpc) is 3.21. The van der Waals surface area contributed by atoms with Crippen LogP contribution in [0.5, 0.6) is 0 Å². The highest BCUT2D eigenvalue weighted by molar-refractivity contribution is 7.89. The number of furan rings is 1. The Balaban J connectivity index is 1.57. The summed E-state index contributed by atoms with van der Waals surface area (Å²) in [5.41, 5.74) is 1.58. The molecule has 152 valence electrons. The van der Waals surface area contributed by atoms with E-state index in [-0.39, 0.29) is 23.9 Å². The molecule has 1 unspecified atom stereocenters. The molecular weight excluding hydrogens is 390 g/mol. The molecular formula is C21H24N3O4S+. The molecule has 0 aliphatic carbocycles. The topological polar surface area (TPSA) is 92.9 Å².